The zero-order valence-corrected chi connectivity index (χ0v) is 5.94. The van der Waals surface area contributed by atoms with E-state index >= 15 is 0 Å². The van der Waals surface area contributed by atoms with Gasteiger partial charge in [0.1, 0.15) is 0 Å². The molecule has 1 radical (unpaired) electrons. The molecule has 0 saturated heterocycles. The number of hydrogen-bond donors (Lipinski definition) is 0. The number of alkyl halides is 2. The summed E-state index contributed by atoms with van der Waals surface area (Å²) in [5, 5.41) is 0. The van der Waals surface area contributed by atoms with Crippen molar-refractivity contribution in [2.24, 2.45) is 0 Å². The average Bonchev–Trinajstić information content (AvgIpc) is 1.67. The molecule has 0 amide bonds. The van der Waals surface area contributed by atoms with Crippen molar-refractivity contribution in [3.05, 3.63) is 0 Å². The van der Waals surface area contributed by atoms with Crippen LogP contribution in [0.1, 0.15) is 0 Å². The van der Waals surface area contributed by atoms with Crippen LogP contribution in [0.2, 0.25) is 0 Å². The minimum absolute atomic E-state index is 0. The maximum absolute atomic E-state index is 10.9. The Hall–Kier alpha value is 0.440. The maximum atomic E-state index is 10.9. The molecular weight excluding hydrogens is 257 g/mol. The van der Waals surface area contributed by atoms with Gasteiger partial charge in [0.05, 0.1) is 0 Å². The molecule has 0 atom stereocenters. The fourth-order valence-corrected chi connectivity index (χ4v) is 0.0825. The van der Waals surface area contributed by atoms with Gasteiger partial charge >= 0.3 is 15.9 Å². The monoisotopic (exact) mass is 257 g/mol. The Bertz CT molecular complexity index is 152. The molecule has 0 bridgehead atoms. The van der Waals surface area contributed by atoms with Crippen LogP contribution in [-0.2, 0) is 36.9 Å². The fraction of sp³-hybridized carbons (Fsp3) is 1.00. The minimum atomic E-state index is -5.24. The van der Waals surface area contributed by atoms with E-state index in [1.807, 2.05) is 4.39 Å². The molecule has 8 heteroatoms. The number of halogens is 3. The summed E-state index contributed by atoms with van der Waals surface area (Å²) in [5.74, 6) is -3.81. The van der Waals surface area contributed by atoms with Crippen LogP contribution in [0.25, 0.3) is 0 Å². The first kappa shape index (κ1) is 12.1. The predicted molar refractivity (Wildman–Crippen MR) is 17.1 cm³/mol. The maximum Gasteiger partial charge on any atom is 0.363 e. The first-order chi connectivity index (χ1) is 3.50. The van der Waals surface area contributed by atoms with Crippen molar-refractivity contribution in [3.8, 4) is 0 Å². The molecule has 0 heterocycles. The van der Waals surface area contributed by atoms with Gasteiger partial charge in [0.25, 0.3) is 0 Å². The molecule has 9 heavy (non-hydrogen) atoms. The molecule has 0 N–H and O–H groups in total. The van der Waals surface area contributed by atoms with Crippen LogP contribution in [0.4, 0.5) is 13.3 Å². The summed E-state index contributed by atoms with van der Waals surface area (Å²) in [6, 6.07) is 0. The molecule has 0 aliphatic heterocycles. The third kappa shape index (κ3) is 3.93. The Kier molecular flexibility index (Phi) is 5.79. The second-order valence-corrected chi connectivity index (χ2v) is 2.28. The van der Waals surface area contributed by atoms with E-state index in [1.165, 1.54) is 0 Å². The molecule has 0 spiro atoms. The van der Waals surface area contributed by atoms with Crippen molar-refractivity contribution in [3.63, 3.8) is 0 Å². The summed E-state index contributed by atoms with van der Waals surface area (Å²) in [4.78, 5) is 0. The Morgan fingerprint density at radius 2 is 1.67 bits per heavy atom. The fourth-order valence-electron chi connectivity index (χ4n) is 0.0275. The first-order valence-electron chi connectivity index (χ1n) is 1.33. The summed E-state index contributed by atoms with van der Waals surface area (Å²) < 4.78 is 52.8. The van der Waals surface area contributed by atoms with E-state index in [1.54, 1.807) is 0 Å². The number of hydrogen-bond acceptors (Lipinski definition) is 3. The van der Waals surface area contributed by atoms with Crippen LogP contribution in [-0.4, -0.2) is 14.2 Å². The second-order valence-electron chi connectivity index (χ2n) is 0.816. The Morgan fingerprint density at radius 3 is 1.67 bits per heavy atom. The van der Waals surface area contributed by atoms with Crippen LogP contribution in [0.5, 0.6) is 0 Å². The molecule has 0 unspecified atom stereocenters. The summed E-state index contributed by atoms with van der Waals surface area (Å²) in [6.07, 6.45) is 0. The van der Waals surface area contributed by atoms with Gasteiger partial charge in [-0.25, -0.2) is 0 Å². The van der Waals surface area contributed by atoms with Crippen molar-refractivity contribution >= 4 is 10.1 Å². The molecule has 0 aliphatic carbocycles. The molecule has 0 fully saturated rings. The quantitative estimate of drug-likeness (QED) is 0.675. The molecule has 3 nitrogen and oxygen atoms in total. The van der Waals surface area contributed by atoms with Gasteiger partial charge in [0.2, 0.25) is 0 Å². The van der Waals surface area contributed by atoms with E-state index in [0.29, 0.717) is 0 Å². The van der Waals surface area contributed by atoms with Gasteiger partial charge in [-0.15, -0.1) is 0 Å². The number of rotatable bonds is 2. The third-order valence-electron chi connectivity index (χ3n) is 0.306. The van der Waals surface area contributed by atoms with Gasteiger partial charge in [0, 0.05) is 22.4 Å². The van der Waals surface area contributed by atoms with Crippen molar-refractivity contribution in [2.45, 2.75) is 5.76 Å². The van der Waals surface area contributed by atoms with Crippen molar-refractivity contribution in [1.29, 1.82) is 0 Å². The van der Waals surface area contributed by atoms with E-state index in [-0.39, 0.29) is 22.4 Å². The Labute approximate surface area is 64.7 Å². The summed E-state index contributed by atoms with van der Waals surface area (Å²) in [6.45, 7) is 0. The summed E-state index contributed by atoms with van der Waals surface area (Å²) in [7, 11) is -5.24. The van der Waals surface area contributed by atoms with E-state index in [2.05, 4.69) is 0 Å². The molecular formula is CHAgF3O3S. The van der Waals surface area contributed by atoms with Gasteiger partial charge in [-0.1, -0.05) is 4.39 Å². The van der Waals surface area contributed by atoms with Crippen LogP contribution in [0.3, 0.4) is 0 Å². The SMILES string of the molecule is O=S(=O)(OF)C(F)F.[Ag]. The van der Waals surface area contributed by atoms with E-state index in [9.17, 15) is 21.7 Å². The van der Waals surface area contributed by atoms with Crippen LogP contribution >= 0.6 is 0 Å². The molecule has 0 aromatic carbocycles. The summed E-state index contributed by atoms with van der Waals surface area (Å²) >= 11 is 0. The van der Waals surface area contributed by atoms with Gasteiger partial charge in [0.15, 0.2) is 0 Å². The largest absolute Gasteiger partial charge is 0.363 e. The standard InChI is InChI=1S/CHF3O3S.Ag/c2-1(3)8(5,6)7-4;/h1H;. The van der Waals surface area contributed by atoms with Crippen molar-refractivity contribution in [1.82, 2.24) is 0 Å². The predicted octanol–water partition coefficient (Wildman–Crippen LogP) is 0.437. The smallest absolute Gasteiger partial charge is 0.191 e. The van der Waals surface area contributed by atoms with E-state index in [4.69, 9.17) is 0 Å². The van der Waals surface area contributed by atoms with Gasteiger partial charge < -0.3 is 0 Å². The zero-order chi connectivity index (χ0) is 6.78. The van der Waals surface area contributed by atoms with Crippen molar-refractivity contribution < 1.29 is 48.5 Å². The van der Waals surface area contributed by atoms with Gasteiger partial charge in [-0.2, -0.15) is 17.2 Å². The molecule has 0 aliphatic rings. The van der Waals surface area contributed by atoms with Crippen LogP contribution < -0.4 is 0 Å². The normalized spacial score (nSPS) is 11.1. The second kappa shape index (κ2) is 4.29. The van der Waals surface area contributed by atoms with Gasteiger partial charge in [-0.3, -0.25) is 0 Å². The van der Waals surface area contributed by atoms with E-state index in [0.717, 1.165) is 0 Å². The van der Waals surface area contributed by atoms with Crippen LogP contribution in [0.15, 0.2) is 0 Å². The molecule has 0 aromatic rings. The average molecular weight is 258 g/mol. The Balaban J connectivity index is 0. The Morgan fingerprint density at radius 1 is 1.33 bits per heavy atom. The summed E-state index contributed by atoms with van der Waals surface area (Å²) in [5.41, 5.74) is 0. The molecule has 0 rings (SSSR count). The molecule has 0 saturated carbocycles. The van der Waals surface area contributed by atoms with Crippen molar-refractivity contribution in [2.75, 3.05) is 0 Å². The van der Waals surface area contributed by atoms with Crippen LogP contribution in [0, 0.1) is 0 Å². The van der Waals surface area contributed by atoms with Gasteiger partial charge in [-0.05, 0) is 4.53 Å². The molecule has 61 valence electrons. The topological polar surface area (TPSA) is 43.4 Å². The van der Waals surface area contributed by atoms with E-state index < -0.39 is 15.9 Å². The molecule has 0 aromatic heterocycles. The minimum Gasteiger partial charge on any atom is -0.191 e. The zero-order valence-electron chi connectivity index (χ0n) is 3.65. The third-order valence-corrected chi connectivity index (χ3v) is 0.918. The first-order valence-corrected chi connectivity index (χ1v) is 2.80.